The maximum atomic E-state index is 12.4. The van der Waals surface area contributed by atoms with Crippen LogP contribution in [0.1, 0.15) is 16.8 Å². The van der Waals surface area contributed by atoms with Crippen LogP contribution in [-0.4, -0.2) is 45.9 Å². The van der Waals surface area contributed by atoms with Crippen molar-refractivity contribution in [3.63, 3.8) is 0 Å². The first kappa shape index (κ1) is 18.2. The Bertz CT molecular complexity index is 908. The van der Waals surface area contributed by atoms with Gasteiger partial charge in [-0.25, -0.2) is 12.7 Å². The lowest BCUT2D eigenvalue weighted by atomic mass is 10.2. The molecule has 0 atom stereocenters. The Balaban J connectivity index is 1.75. The second kappa shape index (κ2) is 7.35. The molecule has 0 fully saturated rings. The van der Waals surface area contributed by atoms with Crippen molar-refractivity contribution in [2.24, 2.45) is 0 Å². The number of sulfonamides is 1. The number of fused-ring (bicyclic) bond motifs is 1. The number of rotatable bonds is 4. The number of amides is 1. The Kier molecular flexibility index (Phi) is 5.15. The van der Waals surface area contributed by atoms with Gasteiger partial charge in [0.2, 0.25) is 10.0 Å². The van der Waals surface area contributed by atoms with Gasteiger partial charge in [-0.05, 0) is 42.5 Å². The number of hydrogen-bond acceptors (Lipinski definition) is 5. The first-order valence-electron chi connectivity index (χ1n) is 8.11. The van der Waals surface area contributed by atoms with Gasteiger partial charge in [-0.15, -0.1) is 0 Å². The summed E-state index contributed by atoms with van der Waals surface area (Å²) in [5.74, 6) is 0.851. The zero-order valence-electron chi connectivity index (χ0n) is 14.6. The van der Waals surface area contributed by atoms with E-state index in [1.54, 1.807) is 30.3 Å². The smallest absolute Gasteiger partial charge is 0.255 e. The van der Waals surface area contributed by atoms with Crippen molar-refractivity contribution in [3.05, 3.63) is 48.0 Å². The third-order valence-electron chi connectivity index (χ3n) is 3.90. The molecule has 0 saturated heterocycles. The Hall–Kier alpha value is -2.58. The lowest BCUT2D eigenvalue weighted by Gasteiger charge is -2.12. The average molecular weight is 376 g/mol. The molecule has 0 aromatic heterocycles. The van der Waals surface area contributed by atoms with Crippen LogP contribution in [0.25, 0.3) is 0 Å². The van der Waals surface area contributed by atoms with E-state index < -0.39 is 10.0 Å². The zero-order valence-corrected chi connectivity index (χ0v) is 15.4. The van der Waals surface area contributed by atoms with Gasteiger partial charge in [-0.3, -0.25) is 4.79 Å². The first-order chi connectivity index (χ1) is 12.4. The molecule has 1 N–H and O–H groups in total. The number of nitrogens with zero attached hydrogens (tertiary/aromatic N) is 1. The van der Waals surface area contributed by atoms with E-state index in [-0.39, 0.29) is 10.8 Å². The van der Waals surface area contributed by atoms with Gasteiger partial charge in [-0.2, -0.15) is 0 Å². The summed E-state index contributed by atoms with van der Waals surface area (Å²) in [6.07, 6.45) is 0.790. The number of benzene rings is 2. The van der Waals surface area contributed by atoms with Crippen LogP contribution in [0.5, 0.6) is 11.5 Å². The number of carbonyl (C=O) groups excluding carboxylic acids is 1. The normalized spacial score (nSPS) is 14.0. The predicted octanol–water partition coefficient (Wildman–Crippen LogP) is 2.35. The average Bonchev–Trinajstić information content (AvgIpc) is 2.86. The molecule has 1 amide bonds. The lowest BCUT2D eigenvalue weighted by Crippen LogP contribution is -2.22. The quantitative estimate of drug-likeness (QED) is 0.885. The maximum absolute atomic E-state index is 12.4. The molecule has 0 saturated carbocycles. The van der Waals surface area contributed by atoms with Crippen LogP contribution in [0.15, 0.2) is 47.4 Å². The molecule has 1 aliphatic rings. The Morgan fingerprint density at radius 2 is 1.65 bits per heavy atom. The minimum absolute atomic E-state index is 0.163. The van der Waals surface area contributed by atoms with Gasteiger partial charge < -0.3 is 14.8 Å². The fourth-order valence-electron chi connectivity index (χ4n) is 2.43. The van der Waals surface area contributed by atoms with E-state index in [0.717, 1.165) is 10.7 Å². The molecule has 0 spiro atoms. The summed E-state index contributed by atoms with van der Waals surface area (Å²) in [5.41, 5.74) is 0.930. The standard InChI is InChI=1S/C18H20N2O5S/c1-20(2)26(22,23)15-7-5-14(6-8-15)19-18(21)13-4-9-16-17(12-13)25-11-3-10-24-16/h4-9,12H,3,10-11H2,1-2H3,(H,19,21). The molecule has 3 rings (SSSR count). The highest BCUT2D eigenvalue weighted by Crippen LogP contribution is 2.30. The molecule has 1 heterocycles. The molecule has 0 unspecified atom stereocenters. The van der Waals surface area contributed by atoms with Crippen molar-refractivity contribution in [1.29, 1.82) is 0 Å². The third-order valence-corrected chi connectivity index (χ3v) is 5.73. The van der Waals surface area contributed by atoms with E-state index >= 15 is 0 Å². The maximum Gasteiger partial charge on any atom is 0.255 e. The van der Waals surface area contributed by atoms with Crippen LogP contribution in [0.2, 0.25) is 0 Å². The molecule has 0 aliphatic carbocycles. The summed E-state index contributed by atoms with van der Waals surface area (Å²) in [6.45, 7) is 1.13. The minimum Gasteiger partial charge on any atom is -0.490 e. The van der Waals surface area contributed by atoms with E-state index in [4.69, 9.17) is 9.47 Å². The summed E-state index contributed by atoms with van der Waals surface area (Å²) in [4.78, 5) is 12.6. The molecule has 26 heavy (non-hydrogen) atoms. The molecule has 7 nitrogen and oxygen atoms in total. The molecular weight excluding hydrogens is 356 g/mol. The molecule has 2 aromatic carbocycles. The number of hydrogen-bond donors (Lipinski definition) is 1. The topological polar surface area (TPSA) is 84.9 Å². The zero-order chi connectivity index (χ0) is 18.7. The van der Waals surface area contributed by atoms with Gasteiger partial charge in [0.1, 0.15) is 0 Å². The largest absolute Gasteiger partial charge is 0.490 e. The summed E-state index contributed by atoms with van der Waals surface area (Å²) < 4.78 is 36.4. The lowest BCUT2D eigenvalue weighted by molar-refractivity contribution is 0.102. The highest BCUT2D eigenvalue weighted by atomic mass is 32.2. The molecule has 138 valence electrons. The van der Waals surface area contributed by atoms with Crippen molar-refractivity contribution < 1.29 is 22.7 Å². The molecule has 2 aromatic rings. The van der Waals surface area contributed by atoms with Crippen LogP contribution in [0.4, 0.5) is 5.69 Å². The van der Waals surface area contributed by atoms with Gasteiger partial charge in [0, 0.05) is 31.8 Å². The highest BCUT2D eigenvalue weighted by Gasteiger charge is 2.17. The summed E-state index contributed by atoms with van der Waals surface area (Å²) in [7, 11) is -0.563. The molecule has 0 radical (unpaired) electrons. The van der Waals surface area contributed by atoms with Crippen LogP contribution in [-0.2, 0) is 10.0 Å². The minimum atomic E-state index is -3.50. The van der Waals surface area contributed by atoms with Crippen LogP contribution >= 0.6 is 0 Å². The van der Waals surface area contributed by atoms with E-state index in [1.165, 1.54) is 26.2 Å². The number of anilines is 1. The highest BCUT2D eigenvalue weighted by molar-refractivity contribution is 7.89. The van der Waals surface area contributed by atoms with Crippen molar-refractivity contribution in [1.82, 2.24) is 4.31 Å². The van der Waals surface area contributed by atoms with E-state index in [1.807, 2.05) is 0 Å². The van der Waals surface area contributed by atoms with Crippen LogP contribution in [0, 0.1) is 0 Å². The fraction of sp³-hybridized carbons (Fsp3) is 0.278. The van der Waals surface area contributed by atoms with Gasteiger partial charge in [0.05, 0.1) is 18.1 Å². The predicted molar refractivity (Wildman–Crippen MR) is 97.3 cm³/mol. The molecular formula is C18H20N2O5S. The number of carbonyl (C=O) groups is 1. The summed E-state index contributed by atoms with van der Waals surface area (Å²) >= 11 is 0. The van der Waals surface area contributed by atoms with Crippen molar-refractivity contribution in [2.45, 2.75) is 11.3 Å². The number of ether oxygens (including phenoxy) is 2. The van der Waals surface area contributed by atoms with Crippen LogP contribution < -0.4 is 14.8 Å². The van der Waals surface area contributed by atoms with Gasteiger partial charge >= 0.3 is 0 Å². The van der Waals surface area contributed by atoms with Gasteiger partial charge in [-0.1, -0.05) is 0 Å². The summed E-state index contributed by atoms with van der Waals surface area (Å²) in [5, 5.41) is 2.74. The second-order valence-corrected chi connectivity index (χ2v) is 8.13. The molecule has 8 heteroatoms. The SMILES string of the molecule is CN(C)S(=O)(=O)c1ccc(NC(=O)c2ccc3c(c2)OCCCO3)cc1. The Morgan fingerprint density at radius 1 is 1.00 bits per heavy atom. The summed E-state index contributed by atoms with van der Waals surface area (Å²) in [6, 6.07) is 11.0. The van der Waals surface area contributed by atoms with Crippen molar-refractivity contribution in [2.75, 3.05) is 32.6 Å². The third kappa shape index (κ3) is 3.81. The van der Waals surface area contributed by atoms with E-state index in [0.29, 0.717) is 36.0 Å². The number of nitrogens with one attached hydrogen (secondary N) is 1. The van der Waals surface area contributed by atoms with Crippen molar-refractivity contribution >= 4 is 21.6 Å². The van der Waals surface area contributed by atoms with E-state index in [2.05, 4.69) is 5.32 Å². The Morgan fingerprint density at radius 3 is 2.31 bits per heavy atom. The fourth-order valence-corrected chi connectivity index (χ4v) is 3.33. The molecule has 0 bridgehead atoms. The van der Waals surface area contributed by atoms with Gasteiger partial charge in [0.25, 0.3) is 5.91 Å². The second-order valence-electron chi connectivity index (χ2n) is 5.98. The van der Waals surface area contributed by atoms with Crippen molar-refractivity contribution in [3.8, 4) is 11.5 Å². The Labute approximate surface area is 152 Å². The van der Waals surface area contributed by atoms with E-state index in [9.17, 15) is 13.2 Å². The monoisotopic (exact) mass is 376 g/mol. The van der Waals surface area contributed by atoms with Gasteiger partial charge in [0.15, 0.2) is 11.5 Å². The molecule has 1 aliphatic heterocycles. The van der Waals surface area contributed by atoms with Crippen LogP contribution in [0.3, 0.4) is 0 Å². The first-order valence-corrected chi connectivity index (χ1v) is 9.55.